The van der Waals surface area contributed by atoms with E-state index in [1.807, 2.05) is 30.3 Å². The summed E-state index contributed by atoms with van der Waals surface area (Å²) in [5.41, 5.74) is 1.76. The number of hydrogen-bond acceptors (Lipinski definition) is 1. The lowest BCUT2D eigenvalue weighted by molar-refractivity contribution is -0.137. The van der Waals surface area contributed by atoms with E-state index in [0.29, 0.717) is 16.7 Å². The van der Waals surface area contributed by atoms with Crippen LogP contribution in [0.4, 0.5) is 13.2 Å². The fraction of sp³-hybridized carbons (Fsp3) is 0.0556. The van der Waals surface area contributed by atoms with Crippen LogP contribution < -0.4 is 0 Å². The molecule has 0 saturated heterocycles. The SMILES string of the molecule is N#Cc1cn(-c2ccccc2)cc1-c1ccc(C(F)(F)F)cc1. The highest BCUT2D eigenvalue weighted by molar-refractivity contribution is 5.71. The lowest BCUT2D eigenvalue weighted by Gasteiger charge is -2.07. The van der Waals surface area contributed by atoms with E-state index < -0.39 is 11.7 Å². The summed E-state index contributed by atoms with van der Waals surface area (Å²) in [6.45, 7) is 0. The molecule has 0 atom stereocenters. The zero-order valence-electron chi connectivity index (χ0n) is 11.9. The molecule has 0 bridgehead atoms. The lowest BCUT2D eigenvalue weighted by Crippen LogP contribution is -2.03. The van der Waals surface area contributed by atoms with Gasteiger partial charge in [0, 0.05) is 23.6 Å². The van der Waals surface area contributed by atoms with Gasteiger partial charge in [-0.25, -0.2) is 0 Å². The molecule has 3 rings (SSSR count). The van der Waals surface area contributed by atoms with Crippen LogP contribution >= 0.6 is 0 Å². The van der Waals surface area contributed by atoms with Crippen LogP contribution in [0, 0.1) is 11.3 Å². The molecule has 0 aliphatic rings. The normalized spacial score (nSPS) is 11.2. The number of nitrogens with zero attached hydrogens (tertiary/aromatic N) is 2. The van der Waals surface area contributed by atoms with E-state index in [-0.39, 0.29) is 0 Å². The summed E-state index contributed by atoms with van der Waals surface area (Å²) in [7, 11) is 0. The molecule has 0 aliphatic heterocycles. The van der Waals surface area contributed by atoms with Gasteiger partial charge in [0.05, 0.1) is 11.1 Å². The van der Waals surface area contributed by atoms with E-state index in [0.717, 1.165) is 17.8 Å². The Balaban J connectivity index is 2.03. The molecule has 2 nitrogen and oxygen atoms in total. The first-order valence-electron chi connectivity index (χ1n) is 6.84. The standard InChI is InChI=1S/C18H11F3N2/c19-18(20,21)15-8-6-13(7-9-15)17-12-23(11-14(17)10-22)16-4-2-1-3-5-16/h1-9,11-12H. The highest BCUT2D eigenvalue weighted by atomic mass is 19.4. The second kappa shape index (κ2) is 5.65. The van der Waals surface area contributed by atoms with Crippen LogP contribution in [0.1, 0.15) is 11.1 Å². The van der Waals surface area contributed by atoms with Gasteiger partial charge in [-0.3, -0.25) is 0 Å². The number of halogens is 3. The van der Waals surface area contributed by atoms with Crippen molar-refractivity contribution in [1.82, 2.24) is 4.57 Å². The Labute approximate surface area is 131 Å². The molecule has 1 aromatic heterocycles. The minimum absolute atomic E-state index is 0.411. The Hall–Kier alpha value is -3.00. The molecule has 23 heavy (non-hydrogen) atoms. The van der Waals surface area contributed by atoms with Crippen molar-refractivity contribution >= 4 is 0 Å². The molecule has 0 saturated carbocycles. The van der Waals surface area contributed by atoms with Gasteiger partial charge in [0.15, 0.2) is 0 Å². The molecular weight excluding hydrogens is 301 g/mol. The van der Waals surface area contributed by atoms with Crippen molar-refractivity contribution in [2.75, 3.05) is 0 Å². The minimum Gasteiger partial charge on any atom is -0.322 e. The first-order chi connectivity index (χ1) is 11.0. The van der Waals surface area contributed by atoms with Crippen molar-refractivity contribution in [3.8, 4) is 22.9 Å². The van der Waals surface area contributed by atoms with Gasteiger partial charge in [-0.15, -0.1) is 0 Å². The van der Waals surface area contributed by atoms with Crippen molar-refractivity contribution in [3.05, 3.63) is 78.1 Å². The molecule has 0 spiro atoms. The predicted molar refractivity (Wildman–Crippen MR) is 80.9 cm³/mol. The summed E-state index contributed by atoms with van der Waals surface area (Å²) in [4.78, 5) is 0. The van der Waals surface area contributed by atoms with Gasteiger partial charge in [0.1, 0.15) is 6.07 Å². The van der Waals surface area contributed by atoms with E-state index in [2.05, 4.69) is 6.07 Å². The monoisotopic (exact) mass is 312 g/mol. The number of rotatable bonds is 2. The van der Waals surface area contributed by atoms with Crippen molar-refractivity contribution in [2.45, 2.75) is 6.18 Å². The third-order valence-electron chi connectivity index (χ3n) is 3.52. The fourth-order valence-electron chi connectivity index (χ4n) is 2.36. The Morgan fingerprint density at radius 1 is 0.870 bits per heavy atom. The van der Waals surface area contributed by atoms with E-state index in [4.69, 9.17) is 0 Å². The fourth-order valence-corrected chi connectivity index (χ4v) is 2.36. The molecule has 0 fully saturated rings. The average Bonchev–Trinajstić information content (AvgIpc) is 2.99. The Morgan fingerprint density at radius 3 is 2.09 bits per heavy atom. The topological polar surface area (TPSA) is 28.7 Å². The summed E-state index contributed by atoms with van der Waals surface area (Å²) in [6.07, 6.45) is -0.953. The van der Waals surface area contributed by atoms with Crippen molar-refractivity contribution in [1.29, 1.82) is 5.26 Å². The van der Waals surface area contributed by atoms with Crippen LogP contribution in [0.3, 0.4) is 0 Å². The maximum absolute atomic E-state index is 12.6. The molecule has 0 radical (unpaired) electrons. The van der Waals surface area contributed by atoms with Crippen LogP contribution in [0.5, 0.6) is 0 Å². The molecule has 0 N–H and O–H groups in total. The zero-order valence-corrected chi connectivity index (χ0v) is 11.9. The maximum atomic E-state index is 12.6. The van der Waals surface area contributed by atoms with Gasteiger partial charge in [-0.2, -0.15) is 18.4 Å². The number of hydrogen-bond donors (Lipinski definition) is 0. The predicted octanol–water partition coefficient (Wildman–Crippen LogP) is 5.03. The van der Waals surface area contributed by atoms with Crippen molar-refractivity contribution < 1.29 is 13.2 Å². The molecule has 3 aromatic rings. The van der Waals surface area contributed by atoms with E-state index in [1.165, 1.54) is 12.1 Å². The Morgan fingerprint density at radius 2 is 1.52 bits per heavy atom. The minimum atomic E-state index is -4.37. The smallest absolute Gasteiger partial charge is 0.322 e. The number of alkyl halides is 3. The number of aromatic nitrogens is 1. The third kappa shape index (κ3) is 2.97. The van der Waals surface area contributed by atoms with Gasteiger partial charge in [0.2, 0.25) is 0 Å². The van der Waals surface area contributed by atoms with Gasteiger partial charge in [0.25, 0.3) is 0 Å². The zero-order chi connectivity index (χ0) is 16.4. The highest BCUT2D eigenvalue weighted by Crippen LogP contribution is 2.32. The number of benzene rings is 2. The van der Waals surface area contributed by atoms with E-state index in [9.17, 15) is 18.4 Å². The second-order valence-electron chi connectivity index (χ2n) is 5.02. The molecule has 0 aliphatic carbocycles. The largest absolute Gasteiger partial charge is 0.416 e. The van der Waals surface area contributed by atoms with Crippen LogP contribution in [-0.2, 0) is 6.18 Å². The molecular formula is C18H11F3N2. The number of nitriles is 1. The van der Waals surface area contributed by atoms with E-state index >= 15 is 0 Å². The first-order valence-corrected chi connectivity index (χ1v) is 6.84. The highest BCUT2D eigenvalue weighted by Gasteiger charge is 2.30. The van der Waals surface area contributed by atoms with Crippen LogP contribution in [0.15, 0.2) is 67.0 Å². The van der Waals surface area contributed by atoms with Crippen LogP contribution in [0.25, 0.3) is 16.8 Å². The lowest BCUT2D eigenvalue weighted by atomic mass is 10.0. The van der Waals surface area contributed by atoms with E-state index in [1.54, 1.807) is 17.0 Å². The first kappa shape index (κ1) is 14.9. The van der Waals surface area contributed by atoms with Gasteiger partial charge < -0.3 is 4.57 Å². The van der Waals surface area contributed by atoms with Crippen LogP contribution in [0.2, 0.25) is 0 Å². The van der Waals surface area contributed by atoms with Crippen molar-refractivity contribution in [2.24, 2.45) is 0 Å². The molecule has 1 heterocycles. The number of para-hydroxylation sites is 1. The molecule has 0 unspecified atom stereocenters. The summed E-state index contributed by atoms with van der Waals surface area (Å²) >= 11 is 0. The van der Waals surface area contributed by atoms with Crippen LogP contribution in [-0.4, -0.2) is 4.57 Å². The summed E-state index contributed by atoms with van der Waals surface area (Å²) in [5, 5.41) is 9.28. The van der Waals surface area contributed by atoms with Gasteiger partial charge in [-0.05, 0) is 29.8 Å². The summed E-state index contributed by atoms with van der Waals surface area (Å²) in [5.74, 6) is 0. The average molecular weight is 312 g/mol. The molecule has 5 heteroatoms. The summed E-state index contributed by atoms with van der Waals surface area (Å²) in [6, 6.07) is 16.3. The van der Waals surface area contributed by atoms with Crippen molar-refractivity contribution in [3.63, 3.8) is 0 Å². The molecule has 114 valence electrons. The second-order valence-corrected chi connectivity index (χ2v) is 5.02. The summed E-state index contributed by atoms with van der Waals surface area (Å²) < 4.78 is 39.7. The van der Waals surface area contributed by atoms with Gasteiger partial charge >= 0.3 is 6.18 Å². The van der Waals surface area contributed by atoms with Gasteiger partial charge in [-0.1, -0.05) is 30.3 Å². The third-order valence-corrected chi connectivity index (χ3v) is 3.52. The molecule has 2 aromatic carbocycles. The molecule has 0 amide bonds. The Kier molecular flexibility index (Phi) is 3.67. The Bertz CT molecular complexity index is 854. The maximum Gasteiger partial charge on any atom is 0.416 e. The quantitative estimate of drug-likeness (QED) is 0.652.